The van der Waals surface area contributed by atoms with Crippen LogP contribution in [-0.4, -0.2) is 50.4 Å². The zero-order valence-corrected chi connectivity index (χ0v) is 29.6. The molecule has 0 radical (unpaired) electrons. The Morgan fingerprint density at radius 1 is 0.854 bits per heavy atom. The second-order valence-electron chi connectivity index (χ2n) is 13.9. The molecule has 2 heterocycles. The van der Waals surface area contributed by atoms with Crippen LogP contribution in [0.5, 0.6) is 0 Å². The van der Waals surface area contributed by atoms with Crippen molar-refractivity contribution in [3.8, 4) is 0 Å². The second kappa shape index (κ2) is 15.2. The van der Waals surface area contributed by atoms with Gasteiger partial charge in [-0.3, -0.25) is 9.59 Å². The summed E-state index contributed by atoms with van der Waals surface area (Å²) in [6.45, 7) is 12.1. The van der Waals surface area contributed by atoms with Gasteiger partial charge in [-0.05, 0) is 76.3 Å². The quantitative estimate of drug-likeness (QED) is 0.0779. The number of rotatable bonds is 16. The number of fused-ring (bicyclic) bond motifs is 2. The van der Waals surface area contributed by atoms with Gasteiger partial charge in [0.25, 0.3) is 0 Å². The minimum atomic E-state index is -4.68. The Morgan fingerprint density at radius 3 is 2.17 bits per heavy atom. The average molecular weight is 677 g/mol. The van der Waals surface area contributed by atoms with Crippen LogP contribution in [0.15, 0.2) is 72.5 Å². The van der Waals surface area contributed by atoms with Gasteiger partial charge in [0, 0.05) is 65.6 Å². The number of aryl methyl sites for hydroxylation is 1. The molecule has 0 bridgehead atoms. The summed E-state index contributed by atoms with van der Waals surface area (Å²) in [6, 6.07) is 11.3. The molecule has 3 N–H and O–H groups in total. The maximum Gasteiger partial charge on any atom is 0.303 e. The van der Waals surface area contributed by atoms with Gasteiger partial charge in [-0.1, -0.05) is 56.2 Å². The number of nitrogens with zero attached hydrogens (tertiary/aromatic N) is 2. The van der Waals surface area contributed by atoms with Crippen LogP contribution in [0.4, 0.5) is 11.4 Å². The van der Waals surface area contributed by atoms with E-state index in [9.17, 15) is 23.9 Å². The van der Waals surface area contributed by atoms with Gasteiger partial charge < -0.3 is 29.5 Å². The molecule has 2 aliphatic heterocycles. The van der Waals surface area contributed by atoms with Crippen LogP contribution in [0.2, 0.25) is 0 Å². The summed E-state index contributed by atoms with van der Waals surface area (Å²) in [6.07, 6.45) is 15.0. The van der Waals surface area contributed by atoms with E-state index in [1.165, 1.54) is 28.6 Å². The van der Waals surface area contributed by atoms with Gasteiger partial charge in [0.2, 0.25) is 5.69 Å². The summed E-state index contributed by atoms with van der Waals surface area (Å²) in [4.78, 5) is 46.1. The molecule has 48 heavy (non-hydrogen) atoms. The van der Waals surface area contributed by atoms with Crippen LogP contribution in [0, 0.1) is 6.92 Å². The van der Waals surface area contributed by atoms with Crippen molar-refractivity contribution in [2.45, 2.75) is 96.8 Å². The molecular weight excluding hydrogens is 627 g/mol. The largest absolute Gasteiger partial charge is 0.775 e. The fraction of sp³-hybridized carbons (Fsp3) is 0.447. The first kappa shape index (κ1) is 37.0. The number of allylic oxidation sites excluding steroid dienone is 6. The van der Waals surface area contributed by atoms with Crippen molar-refractivity contribution in [1.82, 2.24) is 0 Å². The summed E-state index contributed by atoms with van der Waals surface area (Å²) >= 11 is 0. The molecule has 1 atom stereocenters. The fourth-order valence-corrected chi connectivity index (χ4v) is 7.47. The molecular formula is C38H49N2O7P. The lowest BCUT2D eigenvalue weighted by atomic mass is 9.81. The smallest absolute Gasteiger partial charge is 0.303 e. The van der Waals surface area contributed by atoms with Crippen molar-refractivity contribution in [3.63, 3.8) is 0 Å². The summed E-state index contributed by atoms with van der Waals surface area (Å²) in [5.74, 6) is -1.57. The van der Waals surface area contributed by atoms with Crippen LogP contribution in [0.3, 0.4) is 0 Å². The zero-order valence-electron chi connectivity index (χ0n) is 28.7. The predicted octanol–water partition coefficient (Wildman–Crippen LogP) is 6.63. The number of carboxylic acid groups (broad SMARTS) is 2. The molecule has 0 saturated heterocycles. The summed E-state index contributed by atoms with van der Waals surface area (Å²) in [5, 5.41) is 17.9. The molecule has 4 rings (SSSR count). The number of anilines is 1. The van der Waals surface area contributed by atoms with Crippen LogP contribution in [0.25, 0.3) is 0 Å². The molecule has 9 nitrogen and oxygen atoms in total. The molecule has 2 aliphatic rings. The topological polar surface area (TPSA) is 141 Å². The molecule has 258 valence electrons. The Kier molecular flexibility index (Phi) is 11.7. The van der Waals surface area contributed by atoms with E-state index in [0.29, 0.717) is 19.4 Å². The van der Waals surface area contributed by atoms with E-state index in [1.807, 2.05) is 38.2 Å². The third-order valence-electron chi connectivity index (χ3n) is 9.52. The van der Waals surface area contributed by atoms with Gasteiger partial charge in [0.05, 0.1) is 5.41 Å². The van der Waals surface area contributed by atoms with E-state index >= 15 is 0 Å². The monoisotopic (exact) mass is 676 g/mol. The molecule has 1 unspecified atom stereocenters. The Balaban J connectivity index is 1.60. The lowest BCUT2D eigenvalue weighted by molar-refractivity contribution is -0.438. The van der Waals surface area contributed by atoms with E-state index in [2.05, 4.69) is 54.5 Å². The third-order valence-corrected chi connectivity index (χ3v) is 10.5. The lowest BCUT2D eigenvalue weighted by Crippen LogP contribution is -2.28. The third kappa shape index (κ3) is 8.43. The van der Waals surface area contributed by atoms with Gasteiger partial charge in [0.15, 0.2) is 13.3 Å². The van der Waals surface area contributed by atoms with E-state index in [0.717, 1.165) is 49.2 Å². The molecule has 0 spiro atoms. The molecule has 10 heteroatoms. The van der Waals surface area contributed by atoms with Gasteiger partial charge in [0.1, 0.15) is 6.54 Å². The number of hydrogen-bond acceptors (Lipinski definition) is 5. The highest BCUT2D eigenvalue weighted by molar-refractivity contribution is 7.58. The number of aliphatic carboxylic acids is 2. The van der Waals surface area contributed by atoms with Crippen LogP contribution < -0.4 is 15.1 Å². The number of unbranched alkanes of at least 4 members (excludes halogenated alkanes) is 4. The highest BCUT2D eigenvalue weighted by atomic mass is 31.2. The first-order valence-corrected chi connectivity index (χ1v) is 18.3. The Morgan fingerprint density at radius 2 is 1.52 bits per heavy atom. The Hall–Kier alpha value is -3.78. The molecule has 0 saturated carbocycles. The van der Waals surface area contributed by atoms with Crippen molar-refractivity contribution >= 4 is 41.9 Å². The highest BCUT2D eigenvalue weighted by Gasteiger charge is 2.44. The zero-order chi connectivity index (χ0) is 35.3. The maximum atomic E-state index is 12.0. The van der Waals surface area contributed by atoms with Crippen LogP contribution in [0.1, 0.15) is 95.8 Å². The number of benzene rings is 2. The van der Waals surface area contributed by atoms with Crippen LogP contribution >= 0.6 is 7.60 Å². The van der Waals surface area contributed by atoms with Crippen molar-refractivity contribution < 1.29 is 38.7 Å². The number of carboxylic acids is 2. The van der Waals surface area contributed by atoms with Crippen molar-refractivity contribution in [3.05, 3.63) is 89.2 Å². The lowest BCUT2D eigenvalue weighted by Gasteiger charge is -2.27. The fourth-order valence-electron chi connectivity index (χ4n) is 6.91. The molecule has 2 aromatic carbocycles. The van der Waals surface area contributed by atoms with Crippen LogP contribution in [-0.2, 0) is 25.0 Å². The summed E-state index contributed by atoms with van der Waals surface area (Å²) in [5.41, 5.74) is 6.73. The minimum Gasteiger partial charge on any atom is -0.775 e. The highest BCUT2D eigenvalue weighted by Crippen LogP contribution is 2.48. The number of carbonyl (C=O) groups is 2. The Bertz CT molecular complexity index is 1710. The van der Waals surface area contributed by atoms with Crippen molar-refractivity contribution in [1.29, 1.82) is 0 Å². The molecule has 0 aliphatic carbocycles. The molecule has 2 aromatic rings. The van der Waals surface area contributed by atoms with Gasteiger partial charge in [-0.25, -0.2) is 0 Å². The molecule has 0 aromatic heterocycles. The summed E-state index contributed by atoms with van der Waals surface area (Å²) < 4.78 is 14.2. The Labute approximate surface area is 284 Å². The predicted molar refractivity (Wildman–Crippen MR) is 189 cm³/mol. The normalized spacial score (nSPS) is 18.6. The molecule has 0 amide bonds. The summed E-state index contributed by atoms with van der Waals surface area (Å²) in [7, 11) is -4.68. The second-order valence-corrected chi connectivity index (χ2v) is 15.4. The first-order chi connectivity index (χ1) is 22.5. The van der Waals surface area contributed by atoms with Gasteiger partial charge in [-0.15, -0.1) is 0 Å². The van der Waals surface area contributed by atoms with E-state index in [4.69, 9.17) is 10.2 Å². The van der Waals surface area contributed by atoms with Crippen molar-refractivity contribution in [2.24, 2.45) is 0 Å². The maximum absolute atomic E-state index is 12.0. The van der Waals surface area contributed by atoms with E-state index < -0.39 is 24.9 Å². The standard InChI is InChI=1S/C38H49N2O7P/c1-27-19-21-31-29(25-27)37(2,3)33(39(31)23-13-7-11-17-35(41)42)15-9-6-10-16-34-38(4,5)30-26-28(48(45,46)47)20-22-32(30)40(34)24-14-8-12-18-36(43)44/h6,9-10,15-16,19-22,25-26H,7-8,11-14,17-18,23-24H2,1-5H3,(H3-,41,42,43,44,45,46,47). The van der Waals surface area contributed by atoms with Gasteiger partial charge >= 0.3 is 11.9 Å². The average Bonchev–Trinajstić information content (AvgIpc) is 3.33. The van der Waals surface area contributed by atoms with E-state index in [1.54, 1.807) is 12.1 Å². The molecule has 0 fully saturated rings. The number of hydrogen-bond donors (Lipinski definition) is 3. The first-order valence-electron chi connectivity index (χ1n) is 16.8. The van der Waals surface area contributed by atoms with E-state index in [-0.39, 0.29) is 23.6 Å². The minimum absolute atomic E-state index is 0.116. The van der Waals surface area contributed by atoms with Crippen molar-refractivity contribution in [2.75, 3.05) is 18.0 Å². The SMILES string of the molecule is Cc1ccc2c(c1)C(C)(C)\C(=C/C=C/C=C/C1=[N+](CCCCCC(=O)O)c3ccc(P(=O)([O-])O)cc3C1(C)C)N2CCCCCC(=O)O. The van der Waals surface area contributed by atoms with Gasteiger partial charge in [-0.2, -0.15) is 4.58 Å².